The summed E-state index contributed by atoms with van der Waals surface area (Å²) in [6, 6.07) is 11.9. The fraction of sp³-hybridized carbons (Fsp3) is 0.424. The van der Waals surface area contributed by atoms with Gasteiger partial charge in [0.1, 0.15) is 11.6 Å². The number of halogens is 5. The molecule has 4 aromatic rings. The van der Waals surface area contributed by atoms with Crippen molar-refractivity contribution in [3.63, 3.8) is 0 Å². The molecule has 0 bridgehead atoms. The first-order chi connectivity index (χ1) is 22.1. The summed E-state index contributed by atoms with van der Waals surface area (Å²) in [6.07, 6.45) is 2.36. The van der Waals surface area contributed by atoms with Gasteiger partial charge in [-0.2, -0.15) is 18.2 Å². The predicted octanol–water partition coefficient (Wildman–Crippen LogP) is 8.29. The summed E-state index contributed by atoms with van der Waals surface area (Å²) >= 11 is 5.96. The van der Waals surface area contributed by atoms with Crippen molar-refractivity contribution in [3.05, 3.63) is 82.2 Å². The van der Waals surface area contributed by atoms with E-state index >= 15 is 0 Å². The summed E-state index contributed by atoms with van der Waals surface area (Å²) in [5.74, 6) is -1.52. The Balaban J connectivity index is 1.06. The topological polar surface area (TPSA) is 82.7 Å². The van der Waals surface area contributed by atoms with Crippen LogP contribution in [0.3, 0.4) is 0 Å². The number of para-hydroxylation sites is 1. The van der Waals surface area contributed by atoms with Crippen LogP contribution in [0.4, 0.5) is 17.6 Å². The monoisotopic (exact) mass is 658 g/mol. The normalized spacial score (nSPS) is 20.8. The number of likely N-dealkylation sites (tertiary alicyclic amines) is 1. The highest BCUT2D eigenvalue weighted by Crippen LogP contribution is 2.50. The zero-order valence-electron chi connectivity index (χ0n) is 24.9. The molecule has 242 valence electrons. The number of alkyl halides is 3. The molecule has 2 aromatic heterocycles. The molecular formula is C33H31ClF4N4O4. The van der Waals surface area contributed by atoms with E-state index in [9.17, 15) is 17.6 Å². The molecule has 0 N–H and O–H groups in total. The summed E-state index contributed by atoms with van der Waals surface area (Å²) in [5.41, 5.74) is 2.27. The third-order valence-corrected chi connectivity index (χ3v) is 9.12. The van der Waals surface area contributed by atoms with Crippen LogP contribution in [-0.2, 0) is 18.5 Å². The second-order valence-corrected chi connectivity index (χ2v) is 12.5. The molecule has 1 saturated carbocycles. The van der Waals surface area contributed by atoms with Crippen LogP contribution in [-0.4, -0.2) is 39.2 Å². The Kier molecular flexibility index (Phi) is 8.04. The number of fused-ring (bicyclic) bond motifs is 1. The first kappa shape index (κ1) is 30.7. The quantitative estimate of drug-likeness (QED) is 0.184. The molecule has 1 saturated heterocycles. The summed E-state index contributed by atoms with van der Waals surface area (Å²) < 4.78 is 77.2. The highest BCUT2D eigenvalue weighted by molar-refractivity contribution is 6.30. The molecule has 0 radical (unpaired) electrons. The van der Waals surface area contributed by atoms with Crippen LogP contribution in [0.2, 0.25) is 5.02 Å². The molecule has 0 amide bonds. The van der Waals surface area contributed by atoms with E-state index in [4.69, 9.17) is 25.8 Å². The minimum Gasteiger partial charge on any atom is -0.488 e. The Morgan fingerprint density at radius 1 is 1.04 bits per heavy atom. The number of benzene rings is 2. The Hall–Kier alpha value is -3.90. The van der Waals surface area contributed by atoms with Crippen LogP contribution in [0.15, 0.2) is 53.2 Å². The van der Waals surface area contributed by atoms with E-state index in [-0.39, 0.29) is 23.4 Å². The highest BCUT2D eigenvalue weighted by atomic mass is 35.5. The fourth-order valence-corrected chi connectivity index (χ4v) is 6.67. The molecule has 13 heteroatoms. The van der Waals surface area contributed by atoms with Crippen LogP contribution in [0.1, 0.15) is 74.1 Å². The van der Waals surface area contributed by atoms with E-state index in [0.717, 1.165) is 57.2 Å². The third-order valence-electron chi connectivity index (χ3n) is 8.89. The predicted molar refractivity (Wildman–Crippen MR) is 159 cm³/mol. The van der Waals surface area contributed by atoms with Gasteiger partial charge in [0.05, 0.1) is 17.4 Å². The van der Waals surface area contributed by atoms with Gasteiger partial charge in [0, 0.05) is 35.8 Å². The van der Waals surface area contributed by atoms with Crippen LogP contribution < -0.4 is 14.2 Å². The molecule has 46 heavy (non-hydrogen) atoms. The van der Waals surface area contributed by atoms with Gasteiger partial charge in [-0.05, 0) is 87.9 Å². The lowest BCUT2D eigenvalue weighted by Gasteiger charge is -2.33. The summed E-state index contributed by atoms with van der Waals surface area (Å²) in [7, 11) is 0. The fourth-order valence-electron chi connectivity index (χ4n) is 6.51. The minimum atomic E-state index is -4.73. The van der Waals surface area contributed by atoms with Gasteiger partial charge in [0.2, 0.25) is 5.82 Å². The molecule has 4 heterocycles. The maximum Gasteiger partial charge on any atom is 0.471 e. The Morgan fingerprint density at radius 2 is 1.83 bits per heavy atom. The van der Waals surface area contributed by atoms with Crippen molar-refractivity contribution in [2.75, 3.05) is 13.1 Å². The summed E-state index contributed by atoms with van der Waals surface area (Å²) in [5, 5.41) is 3.81. The first-order valence-electron chi connectivity index (χ1n) is 15.3. The molecule has 1 unspecified atom stereocenters. The molecule has 1 aliphatic carbocycles. The standard InChI is InChI=1S/C33H31ClF4N4O4/c1-32(24-10-9-21(34)16-25(24)35)44-27-8-4-7-23(29(27)45-32)19-11-13-42(14-12-19)18-26-28(43-22-5-2-3-6-22)15-20(17-39-26)30-40-31(46-41-30)33(36,37)38/h4,7-10,15-17,19,22H,2-3,5-6,11-14,18H2,1H3. The second kappa shape index (κ2) is 12.0. The van der Waals surface area contributed by atoms with Crippen molar-refractivity contribution in [3.8, 4) is 28.6 Å². The van der Waals surface area contributed by atoms with Crippen molar-refractivity contribution in [1.29, 1.82) is 0 Å². The second-order valence-electron chi connectivity index (χ2n) is 12.1. The van der Waals surface area contributed by atoms with Gasteiger partial charge in [-0.3, -0.25) is 9.88 Å². The molecular weight excluding hydrogens is 628 g/mol. The van der Waals surface area contributed by atoms with Crippen LogP contribution in [0, 0.1) is 5.82 Å². The number of nitrogens with zero attached hydrogens (tertiary/aromatic N) is 4. The number of rotatable bonds is 7. The summed E-state index contributed by atoms with van der Waals surface area (Å²) in [6.45, 7) is 3.74. The van der Waals surface area contributed by atoms with E-state index in [1.165, 1.54) is 12.3 Å². The minimum absolute atomic E-state index is 0.0203. The van der Waals surface area contributed by atoms with Crippen molar-refractivity contribution in [2.45, 2.75) is 76.0 Å². The van der Waals surface area contributed by atoms with Gasteiger partial charge in [0.15, 0.2) is 11.5 Å². The Morgan fingerprint density at radius 3 is 2.54 bits per heavy atom. The number of pyridine rings is 1. The van der Waals surface area contributed by atoms with E-state index in [1.54, 1.807) is 25.1 Å². The number of hydrogen-bond donors (Lipinski definition) is 0. The lowest BCUT2D eigenvalue weighted by molar-refractivity contribution is -0.159. The molecule has 0 spiro atoms. The maximum atomic E-state index is 14.8. The van der Waals surface area contributed by atoms with Crippen molar-refractivity contribution >= 4 is 11.6 Å². The Labute approximate surface area is 267 Å². The Bertz CT molecular complexity index is 1740. The smallest absolute Gasteiger partial charge is 0.471 e. The van der Waals surface area contributed by atoms with Gasteiger partial charge >= 0.3 is 12.1 Å². The average molecular weight is 659 g/mol. The highest BCUT2D eigenvalue weighted by Gasteiger charge is 2.43. The third kappa shape index (κ3) is 6.12. The van der Waals surface area contributed by atoms with E-state index in [2.05, 4.69) is 24.5 Å². The van der Waals surface area contributed by atoms with E-state index in [1.807, 2.05) is 18.2 Å². The molecule has 7 rings (SSSR count). The average Bonchev–Trinajstić information content (AvgIpc) is 3.78. The van der Waals surface area contributed by atoms with Crippen LogP contribution in [0.25, 0.3) is 11.4 Å². The molecule has 1 atom stereocenters. The van der Waals surface area contributed by atoms with E-state index < -0.39 is 23.7 Å². The largest absolute Gasteiger partial charge is 0.488 e. The van der Waals surface area contributed by atoms with Crippen molar-refractivity contribution < 1.29 is 36.3 Å². The van der Waals surface area contributed by atoms with Crippen molar-refractivity contribution in [2.24, 2.45) is 0 Å². The van der Waals surface area contributed by atoms with Gasteiger partial charge in [-0.15, -0.1) is 0 Å². The maximum absolute atomic E-state index is 14.8. The van der Waals surface area contributed by atoms with Gasteiger partial charge in [-0.1, -0.05) is 28.9 Å². The zero-order valence-corrected chi connectivity index (χ0v) is 25.7. The van der Waals surface area contributed by atoms with Crippen LogP contribution in [0.5, 0.6) is 17.2 Å². The number of ether oxygens (including phenoxy) is 3. The van der Waals surface area contributed by atoms with Crippen LogP contribution >= 0.6 is 11.6 Å². The van der Waals surface area contributed by atoms with Gasteiger partial charge < -0.3 is 18.7 Å². The lowest BCUT2D eigenvalue weighted by Crippen LogP contribution is -2.34. The molecule has 2 fully saturated rings. The molecule has 2 aliphatic heterocycles. The van der Waals surface area contributed by atoms with Gasteiger partial charge in [0.25, 0.3) is 5.79 Å². The van der Waals surface area contributed by atoms with Crippen molar-refractivity contribution in [1.82, 2.24) is 20.0 Å². The zero-order chi connectivity index (χ0) is 32.1. The van der Waals surface area contributed by atoms with Gasteiger partial charge in [-0.25, -0.2) is 4.39 Å². The van der Waals surface area contributed by atoms with E-state index in [0.29, 0.717) is 40.1 Å². The number of piperidine rings is 1. The summed E-state index contributed by atoms with van der Waals surface area (Å²) in [4.78, 5) is 10.4. The molecule has 8 nitrogen and oxygen atoms in total. The molecule has 2 aromatic carbocycles. The number of hydrogen-bond acceptors (Lipinski definition) is 8. The molecule has 3 aliphatic rings. The number of aromatic nitrogens is 3. The first-order valence-corrected chi connectivity index (χ1v) is 15.7. The lowest BCUT2D eigenvalue weighted by atomic mass is 9.88. The SMILES string of the molecule is CC1(c2ccc(Cl)cc2F)Oc2cccc(C3CCN(Cc4ncc(-c5noc(C(F)(F)F)n5)cc4OC4CCCC4)CC3)c2O1.